The molecule has 3 atom stereocenters. The van der Waals surface area contributed by atoms with Crippen LogP contribution in [0.4, 0.5) is 4.39 Å². The summed E-state index contributed by atoms with van der Waals surface area (Å²) in [5.41, 5.74) is 1.57. The molecule has 2 heterocycles. The number of aliphatic carboxylic acids is 1. The molecule has 0 radical (unpaired) electrons. The van der Waals surface area contributed by atoms with E-state index in [0.29, 0.717) is 24.3 Å². The van der Waals surface area contributed by atoms with E-state index in [1.54, 1.807) is 4.90 Å². The molecule has 2 aromatic rings. The topological polar surface area (TPSA) is 66.8 Å². The lowest BCUT2D eigenvalue weighted by Gasteiger charge is -2.20. The number of hydrogen-bond acceptors (Lipinski definition) is 3. The Morgan fingerprint density at radius 3 is 2.62 bits per heavy atom. The Labute approximate surface area is 150 Å². The number of carbonyl (C=O) groups is 2. The van der Waals surface area contributed by atoms with Gasteiger partial charge in [0.2, 0.25) is 0 Å². The number of hydrogen-bond donors (Lipinski definition) is 1. The molecule has 1 saturated heterocycles. The third-order valence-electron chi connectivity index (χ3n) is 5.15. The summed E-state index contributed by atoms with van der Waals surface area (Å²) in [6.07, 6.45) is -0.424. The molecule has 0 saturated carbocycles. The smallest absolute Gasteiger partial charge is 0.308 e. The Bertz CT molecular complexity index is 854. The van der Waals surface area contributed by atoms with E-state index in [-0.39, 0.29) is 24.2 Å². The summed E-state index contributed by atoms with van der Waals surface area (Å²) in [6.45, 7) is 0.489. The van der Waals surface area contributed by atoms with Crippen LogP contribution >= 0.6 is 0 Å². The number of carboxylic acid groups (broad SMARTS) is 1. The first-order valence-electron chi connectivity index (χ1n) is 8.54. The summed E-state index contributed by atoms with van der Waals surface area (Å²) in [7, 11) is 0. The van der Waals surface area contributed by atoms with E-state index in [2.05, 4.69) is 0 Å². The lowest BCUT2D eigenvalue weighted by Crippen LogP contribution is -2.40. The van der Waals surface area contributed by atoms with Crippen LogP contribution in [0, 0.1) is 11.7 Å². The van der Waals surface area contributed by atoms with Crippen molar-refractivity contribution < 1.29 is 23.8 Å². The van der Waals surface area contributed by atoms with Gasteiger partial charge >= 0.3 is 5.97 Å². The minimum absolute atomic E-state index is 0.151. The van der Waals surface area contributed by atoms with Gasteiger partial charge in [0, 0.05) is 31.0 Å². The highest BCUT2D eigenvalue weighted by atomic mass is 19.1. The number of nitrogens with zero attached hydrogens (tertiary/aromatic N) is 1. The highest BCUT2D eigenvalue weighted by Crippen LogP contribution is 2.35. The molecular weight excluding hydrogens is 337 g/mol. The fourth-order valence-corrected chi connectivity index (χ4v) is 3.83. The minimum Gasteiger partial charge on any atom is -0.481 e. The van der Waals surface area contributed by atoms with Crippen molar-refractivity contribution >= 4 is 11.9 Å². The van der Waals surface area contributed by atoms with Crippen molar-refractivity contribution in [2.24, 2.45) is 5.92 Å². The molecule has 1 amide bonds. The molecule has 4 rings (SSSR count). The predicted octanol–water partition coefficient (Wildman–Crippen LogP) is 2.46. The lowest BCUT2D eigenvalue weighted by molar-refractivity contribution is -0.142. The summed E-state index contributed by atoms with van der Waals surface area (Å²) in [5, 5.41) is 9.57. The van der Waals surface area contributed by atoms with Crippen molar-refractivity contribution in [3.05, 3.63) is 65.5 Å². The van der Waals surface area contributed by atoms with Crippen molar-refractivity contribution in [3.8, 4) is 5.75 Å². The Morgan fingerprint density at radius 1 is 1.12 bits per heavy atom. The first kappa shape index (κ1) is 16.6. The van der Waals surface area contributed by atoms with Crippen LogP contribution in [0.2, 0.25) is 0 Å². The molecule has 2 aliphatic heterocycles. The molecule has 0 aromatic heterocycles. The van der Waals surface area contributed by atoms with E-state index in [9.17, 15) is 19.1 Å². The molecule has 1 N–H and O–H groups in total. The van der Waals surface area contributed by atoms with Crippen molar-refractivity contribution in [2.75, 3.05) is 13.1 Å². The largest absolute Gasteiger partial charge is 0.481 e. The number of benzene rings is 2. The van der Waals surface area contributed by atoms with E-state index in [4.69, 9.17) is 4.74 Å². The number of fused-ring (bicyclic) bond motifs is 1. The van der Waals surface area contributed by atoms with Crippen LogP contribution in [0.5, 0.6) is 5.75 Å². The van der Waals surface area contributed by atoms with E-state index < -0.39 is 18.0 Å². The summed E-state index contributed by atoms with van der Waals surface area (Å²) in [6, 6.07) is 13.6. The summed E-state index contributed by atoms with van der Waals surface area (Å²) >= 11 is 0. The summed E-state index contributed by atoms with van der Waals surface area (Å²) in [5.74, 6) is -1.91. The molecule has 1 unspecified atom stereocenters. The van der Waals surface area contributed by atoms with Gasteiger partial charge in [-0.1, -0.05) is 30.3 Å². The number of likely N-dealkylation sites (tertiary alicyclic amines) is 1. The third-order valence-corrected chi connectivity index (χ3v) is 5.15. The molecule has 1 fully saturated rings. The maximum atomic E-state index is 13.4. The molecule has 5 nitrogen and oxygen atoms in total. The normalized spacial score (nSPS) is 24.2. The zero-order valence-corrected chi connectivity index (χ0v) is 14.0. The van der Waals surface area contributed by atoms with Crippen molar-refractivity contribution in [1.82, 2.24) is 4.90 Å². The number of halogens is 1. The quantitative estimate of drug-likeness (QED) is 0.918. The Morgan fingerprint density at radius 2 is 1.88 bits per heavy atom. The maximum absolute atomic E-state index is 13.4. The second kappa shape index (κ2) is 6.44. The van der Waals surface area contributed by atoms with Gasteiger partial charge in [0.1, 0.15) is 11.6 Å². The fraction of sp³-hybridized carbons (Fsp3) is 0.300. The zero-order valence-electron chi connectivity index (χ0n) is 14.0. The van der Waals surface area contributed by atoms with E-state index in [1.165, 1.54) is 18.2 Å². The SMILES string of the molecule is O=C(O)[C@@H]1CN(C(=O)C2Cc3cc(F)ccc3O2)C[C@@H]1c1ccccc1. The van der Waals surface area contributed by atoms with Crippen LogP contribution in [0.25, 0.3) is 0 Å². The van der Waals surface area contributed by atoms with Gasteiger partial charge < -0.3 is 14.7 Å². The second-order valence-corrected chi connectivity index (χ2v) is 6.77. The van der Waals surface area contributed by atoms with Gasteiger partial charge in [-0.25, -0.2) is 4.39 Å². The average molecular weight is 355 g/mol. The molecule has 0 spiro atoms. The third kappa shape index (κ3) is 2.92. The molecule has 2 aliphatic rings. The Balaban J connectivity index is 1.52. The Kier molecular flexibility index (Phi) is 4.11. The highest BCUT2D eigenvalue weighted by Gasteiger charge is 2.43. The van der Waals surface area contributed by atoms with Gasteiger partial charge in [0.05, 0.1) is 5.92 Å². The van der Waals surface area contributed by atoms with E-state index in [0.717, 1.165) is 5.56 Å². The molecule has 134 valence electrons. The van der Waals surface area contributed by atoms with Gasteiger partial charge in [-0.05, 0) is 23.8 Å². The van der Waals surface area contributed by atoms with Crippen LogP contribution in [0.1, 0.15) is 17.0 Å². The molecule has 0 aliphatic carbocycles. The molecule has 26 heavy (non-hydrogen) atoms. The molecule has 0 bridgehead atoms. The first-order chi connectivity index (χ1) is 12.5. The van der Waals surface area contributed by atoms with Crippen molar-refractivity contribution in [2.45, 2.75) is 18.4 Å². The standard InChI is InChI=1S/C20H18FNO4/c21-14-6-7-17-13(8-14)9-18(26-17)19(23)22-10-15(16(11-22)20(24)25)12-4-2-1-3-5-12/h1-8,15-16,18H,9-11H2,(H,24,25)/t15-,16-,18?/m1/s1. The van der Waals surface area contributed by atoms with Gasteiger partial charge in [-0.15, -0.1) is 0 Å². The average Bonchev–Trinajstić information content (AvgIpc) is 3.26. The number of rotatable bonds is 3. The minimum atomic E-state index is -0.910. The van der Waals surface area contributed by atoms with E-state index >= 15 is 0 Å². The fourth-order valence-electron chi connectivity index (χ4n) is 3.83. The van der Waals surface area contributed by atoms with Gasteiger partial charge in [0.15, 0.2) is 6.10 Å². The number of carbonyl (C=O) groups excluding carboxylic acids is 1. The Hall–Kier alpha value is -2.89. The maximum Gasteiger partial charge on any atom is 0.308 e. The number of ether oxygens (including phenoxy) is 1. The van der Waals surface area contributed by atoms with Gasteiger partial charge in [-0.3, -0.25) is 9.59 Å². The first-order valence-corrected chi connectivity index (χ1v) is 8.54. The second-order valence-electron chi connectivity index (χ2n) is 6.77. The highest BCUT2D eigenvalue weighted by molar-refractivity contribution is 5.84. The number of carboxylic acids is 1. The van der Waals surface area contributed by atoms with Crippen LogP contribution in [-0.2, 0) is 16.0 Å². The van der Waals surface area contributed by atoms with Crippen LogP contribution in [0.15, 0.2) is 48.5 Å². The monoisotopic (exact) mass is 355 g/mol. The van der Waals surface area contributed by atoms with Crippen LogP contribution in [0.3, 0.4) is 0 Å². The predicted molar refractivity (Wildman–Crippen MR) is 91.4 cm³/mol. The van der Waals surface area contributed by atoms with Gasteiger partial charge in [-0.2, -0.15) is 0 Å². The van der Waals surface area contributed by atoms with Crippen molar-refractivity contribution in [1.29, 1.82) is 0 Å². The van der Waals surface area contributed by atoms with Crippen LogP contribution < -0.4 is 4.74 Å². The summed E-state index contributed by atoms with van der Waals surface area (Å²) < 4.78 is 19.0. The zero-order chi connectivity index (χ0) is 18.3. The number of amides is 1. The van der Waals surface area contributed by atoms with E-state index in [1.807, 2.05) is 30.3 Å². The lowest BCUT2D eigenvalue weighted by atomic mass is 9.89. The van der Waals surface area contributed by atoms with Crippen LogP contribution in [-0.4, -0.2) is 41.1 Å². The summed E-state index contributed by atoms with van der Waals surface area (Å²) in [4.78, 5) is 26.1. The molecule has 2 aromatic carbocycles. The molecular formula is C20H18FNO4. The van der Waals surface area contributed by atoms with Crippen molar-refractivity contribution in [3.63, 3.8) is 0 Å². The van der Waals surface area contributed by atoms with Gasteiger partial charge in [0.25, 0.3) is 5.91 Å². The molecule has 6 heteroatoms.